The SMILES string of the molecule is CC(C)CCN(C(=O)CCC(C)(C)N)C1CC1. The zero-order valence-corrected chi connectivity index (χ0v) is 11.8. The number of amides is 1. The molecule has 100 valence electrons. The number of nitrogens with zero attached hydrogens (tertiary/aromatic N) is 1. The van der Waals surface area contributed by atoms with E-state index in [0.29, 0.717) is 24.3 Å². The van der Waals surface area contributed by atoms with Gasteiger partial charge in [0.15, 0.2) is 0 Å². The molecule has 0 bridgehead atoms. The Kier molecular flexibility index (Phi) is 4.99. The molecular formula is C14H28N2O. The molecule has 0 spiro atoms. The minimum atomic E-state index is -0.233. The van der Waals surface area contributed by atoms with Gasteiger partial charge in [-0.25, -0.2) is 0 Å². The molecule has 17 heavy (non-hydrogen) atoms. The average molecular weight is 240 g/mol. The number of rotatable bonds is 7. The third kappa shape index (κ3) is 6.06. The molecule has 0 atom stereocenters. The second-order valence-corrected chi connectivity index (χ2v) is 6.49. The standard InChI is InChI=1S/C14H28N2O/c1-11(2)8-10-16(12-5-6-12)13(17)7-9-14(3,4)15/h11-12H,5-10,15H2,1-4H3. The number of hydrogen-bond acceptors (Lipinski definition) is 2. The normalized spacial score (nSPS) is 16.4. The molecule has 1 saturated carbocycles. The van der Waals surface area contributed by atoms with Crippen molar-refractivity contribution in [3.8, 4) is 0 Å². The van der Waals surface area contributed by atoms with Crippen molar-refractivity contribution >= 4 is 5.91 Å². The maximum atomic E-state index is 12.2. The fraction of sp³-hybridized carbons (Fsp3) is 0.929. The van der Waals surface area contributed by atoms with Crippen LogP contribution in [0.3, 0.4) is 0 Å². The zero-order valence-electron chi connectivity index (χ0n) is 11.8. The fourth-order valence-electron chi connectivity index (χ4n) is 1.87. The molecule has 1 fully saturated rings. The van der Waals surface area contributed by atoms with Crippen LogP contribution < -0.4 is 5.73 Å². The van der Waals surface area contributed by atoms with E-state index in [9.17, 15) is 4.79 Å². The highest BCUT2D eigenvalue weighted by Crippen LogP contribution is 2.28. The molecule has 0 aromatic rings. The minimum Gasteiger partial charge on any atom is -0.340 e. The monoisotopic (exact) mass is 240 g/mol. The van der Waals surface area contributed by atoms with Crippen molar-refractivity contribution in [1.82, 2.24) is 4.90 Å². The van der Waals surface area contributed by atoms with Crippen LogP contribution in [0.1, 0.15) is 59.8 Å². The second-order valence-electron chi connectivity index (χ2n) is 6.49. The summed E-state index contributed by atoms with van der Waals surface area (Å²) in [5, 5.41) is 0. The molecular weight excluding hydrogens is 212 g/mol. The second kappa shape index (κ2) is 5.85. The molecule has 0 saturated heterocycles. The summed E-state index contributed by atoms with van der Waals surface area (Å²) < 4.78 is 0. The summed E-state index contributed by atoms with van der Waals surface area (Å²) in [6.07, 6.45) is 4.86. The third-order valence-corrected chi connectivity index (χ3v) is 3.24. The van der Waals surface area contributed by atoms with Gasteiger partial charge >= 0.3 is 0 Å². The fourth-order valence-corrected chi connectivity index (χ4v) is 1.87. The van der Waals surface area contributed by atoms with Crippen LogP contribution in [0.2, 0.25) is 0 Å². The van der Waals surface area contributed by atoms with Gasteiger partial charge in [-0.1, -0.05) is 13.8 Å². The van der Waals surface area contributed by atoms with Gasteiger partial charge in [0.25, 0.3) is 0 Å². The maximum Gasteiger partial charge on any atom is 0.222 e. The minimum absolute atomic E-state index is 0.233. The molecule has 1 aliphatic carbocycles. The maximum absolute atomic E-state index is 12.2. The molecule has 0 radical (unpaired) electrons. The van der Waals surface area contributed by atoms with E-state index in [1.165, 1.54) is 12.8 Å². The molecule has 0 unspecified atom stereocenters. The van der Waals surface area contributed by atoms with E-state index < -0.39 is 0 Å². The Morgan fingerprint density at radius 2 is 2.00 bits per heavy atom. The summed E-state index contributed by atoms with van der Waals surface area (Å²) in [5.74, 6) is 0.960. The van der Waals surface area contributed by atoms with Gasteiger partial charge in [0.1, 0.15) is 0 Å². The lowest BCUT2D eigenvalue weighted by Crippen LogP contribution is -2.38. The van der Waals surface area contributed by atoms with E-state index in [0.717, 1.165) is 19.4 Å². The summed E-state index contributed by atoms with van der Waals surface area (Å²) in [7, 11) is 0. The van der Waals surface area contributed by atoms with Crippen LogP contribution in [-0.2, 0) is 4.79 Å². The van der Waals surface area contributed by atoms with Gasteiger partial charge in [-0.2, -0.15) is 0 Å². The van der Waals surface area contributed by atoms with Crippen LogP contribution in [0.5, 0.6) is 0 Å². The molecule has 1 aliphatic rings. The van der Waals surface area contributed by atoms with Crippen LogP contribution in [0.4, 0.5) is 0 Å². The summed E-state index contributed by atoms with van der Waals surface area (Å²) in [6, 6.07) is 0.530. The quantitative estimate of drug-likeness (QED) is 0.743. The van der Waals surface area contributed by atoms with Gasteiger partial charge in [0, 0.05) is 24.5 Å². The predicted molar refractivity (Wildman–Crippen MR) is 71.7 cm³/mol. The lowest BCUT2D eigenvalue weighted by atomic mass is 9.99. The molecule has 0 heterocycles. The first kappa shape index (κ1) is 14.5. The van der Waals surface area contributed by atoms with Gasteiger partial charge in [-0.15, -0.1) is 0 Å². The first-order valence-electron chi connectivity index (χ1n) is 6.88. The molecule has 0 aromatic carbocycles. The first-order valence-corrected chi connectivity index (χ1v) is 6.88. The Balaban J connectivity index is 2.38. The molecule has 0 aromatic heterocycles. The molecule has 1 rings (SSSR count). The lowest BCUT2D eigenvalue weighted by molar-refractivity contribution is -0.132. The zero-order chi connectivity index (χ0) is 13.1. The molecule has 1 amide bonds. The Labute approximate surface area is 106 Å². The van der Waals surface area contributed by atoms with Crippen LogP contribution in [0.15, 0.2) is 0 Å². The number of nitrogens with two attached hydrogens (primary N) is 1. The van der Waals surface area contributed by atoms with E-state index in [2.05, 4.69) is 18.7 Å². The van der Waals surface area contributed by atoms with Crippen molar-refractivity contribution in [2.75, 3.05) is 6.54 Å². The van der Waals surface area contributed by atoms with Crippen molar-refractivity contribution in [2.45, 2.75) is 71.4 Å². The van der Waals surface area contributed by atoms with Crippen LogP contribution in [0.25, 0.3) is 0 Å². The Morgan fingerprint density at radius 1 is 1.41 bits per heavy atom. The number of carbonyl (C=O) groups is 1. The Bertz CT molecular complexity index is 251. The number of carbonyl (C=O) groups excluding carboxylic acids is 1. The highest BCUT2D eigenvalue weighted by atomic mass is 16.2. The van der Waals surface area contributed by atoms with Gasteiger partial charge < -0.3 is 10.6 Å². The van der Waals surface area contributed by atoms with Gasteiger partial charge in [-0.3, -0.25) is 4.79 Å². The van der Waals surface area contributed by atoms with Gasteiger partial charge in [0.2, 0.25) is 5.91 Å². The number of hydrogen-bond donors (Lipinski definition) is 1. The summed E-state index contributed by atoms with van der Waals surface area (Å²) in [4.78, 5) is 14.2. The summed E-state index contributed by atoms with van der Waals surface area (Å²) in [5.41, 5.74) is 5.69. The van der Waals surface area contributed by atoms with Crippen molar-refractivity contribution in [3.63, 3.8) is 0 Å². The predicted octanol–water partition coefficient (Wildman–Crippen LogP) is 2.54. The highest BCUT2D eigenvalue weighted by molar-refractivity contribution is 5.77. The third-order valence-electron chi connectivity index (χ3n) is 3.24. The smallest absolute Gasteiger partial charge is 0.222 e. The summed E-state index contributed by atoms with van der Waals surface area (Å²) in [6.45, 7) is 9.30. The van der Waals surface area contributed by atoms with Crippen molar-refractivity contribution < 1.29 is 4.79 Å². The van der Waals surface area contributed by atoms with E-state index in [4.69, 9.17) is 5.73 Å². The van der Waals surface area contributed by atoms with E-state index in [-0.39, 0.29) is 5.54 Å². The van der Waals surface area contributed by atoms with E-state index >= 15 is 0 Å². The van der Waals surface area contributed by atoms with Gasteiger partial charge in [0.05, 0.1) is 0 Å². The van der Waals surface area contributed by atoms with Gasteiger partial charge in [-0.05, 0) is 45.4 Å². The molecule has 2 N–H and O–H groups in total. The van der Waals surface area contributed by atoms with Crippen molar-refractivity contribution in [2.24, 2.45) is 11.7 Å². The Hall–Kier alpha value is -0.570. The summed E-state index contributed by atoms with van der Waals surface area (Å²) >= 11 is 0. The first-order chi connectivity index (χ1) is 7.79. The van der Waals surface area contributed by atoms with Crippen molar-refractivity contribution in [3.05, 3.63) is 0 Å². The largest absolute Gasteiger partial charge is 0.340 e. The molecule has 3 heteroatoms. The van der Waals surface area contributed by atoms with Crippen molar-refractivity contribution in [1.29, 1.82) is 0 Å². The van der Waals surface area contributed by atoms with E-state index in [1.807, 2.05) is 13.8 Å². The molecule has 3 nitrogen and oxygen atoms in total. The Morgan fingerprint density at radius 3 is 2.41 bits per heavy atom. The van der Waals surface area contributed by atoms with Crippen LogP contribution >= 0.6 is 0 Å². The topological polar surface area (TPSA) is 46.3 Å². The van der Waals surface area contributed by atoms with Crippen LogP contribution in [0, 0.1) is 5.92 Å². The average Bonchev–Trinajstić information content (AvgIpc) is 2.97. The van der Waals surface area contributed by atoms with E-state index in [1.54, 1.807) is 0 Å². The highest BCUT2D eigenvalue weighted by Gasteiger charge is 2.32. The van der Waals surface area contributed by atoms with Crippen LogP contribution in [-0.4, -0.2) is 28.9 Å². The molecule has 0 aliphatic heterocycles. The lowest BCUT2D eigenvalue weighted by Gasteiger charge is -2.25.